The third-order valence-corrected chi connectivity index (χ3v) is 6.24. The molecule has 6 heteroatoms. The molecule has 2 unspecified atom stereocenters. The zero-order valence-electron chi connectivity index (χ0n) is 20.6. The third kappa shape index (κ3) is 6.07. The van der Waals surface area contributed by atoms with Gasteiger partial charge in [0.15, 0.2) is 6.10 Å². The van der Waals surface area contributed by atoms with Crippen molar-refractivity contribution in [3.05, 3.63) is 95.3 Å². The SMILES string of the molecule is CC(C)CC(=O)N1CCc2ccc(OC(C)C(=O)NCc3cccnc3)cc2C1c1ccccc1. The van der Waals surface area contributed by atoms with Crippen LogP contribution in [0.5, 0.6) is 5.75 Å². The standard InChI is InChI=1S/C29H33N3O3/c1-20(2)16-27(33)32-15-13-23-11-12-25(17-26(23)28(32)24-9-5-4-6-10-24)35-21(3)29(34)31-19-22-8-7-14-30-18-22/h4-12,14,17-18,20-21,28H,13,15-16,19H2,1-3H3,(H,31,34). The van der Waals surface area contributed by atoms with E-state index in [0.717, 1.165) is 23.1 Å². The van der Waals surface area contributed by atoms with Crippen LogP contribution >= 0.6 is 0 Å². The van der Waals surface area contributed by atoms with Gasteiger partial charge in [0.2, 0.25) is 5.91 Å². The molecule has 2 amide bonds. The molecule has 4 rings (SSSR count). The second kappa shape index (κ2) is 11.2. The van der Waals surface area contributed by atoms with Crippen LogP contribution < -0.4 is 10.1 Å². The van der Waals surface area contributed by atoms with E-state index >= 15 is 0 Å². The molecule has 0 spiro atoms. The lowest BCUT2D eigenvalue weighted by Gasteiger charge is -2.38. The van der Waals surface area contributed by atoms with Crippen molar-refractivity contribution in [1.29, 1.82) is 0 Å². The summed E-state index contributed by atoms with van der Waals surface area (Å²) < 4.78 is 6.04. The summed E-state index contributed by atoms with van der Waals surface area (Å²) in [6.07, 6.45) is 4.08. The molecule has 6 nitrogen and oxygen atoms in total. The van der Waals surface area contributed by atoms with Crippen LogP contribution in [0.4, 0.5) is 0 Å². The van der Waals surface area contributed by atoms with Crippen LogP contribution in [-0.4, -0.2) is 34.3 Å². The maximum Gasteiger partial charge on any atom is 0.261 e. The number of nitrogens with one attached hydrogen (secondary N) is 1. The fourth-order valence-electron chi connectivity index (χ4n) is 4.49. The number of carbonyl (C=O) groups is 2. The zero-order valence-corrected chi connectivity index (χ0v) is 20.6. The summed E-state index contributed by atoms with van der Waals surface area (Å²) in [5, 5.41) is 2.90. The zero-order chi connectivity index (χ0) is 24.8. The van der Waals surface area contributed by atoms with Crippen LogP contribution in [0.15, 0.2) is 73.1 Å². The van der Waals surface area contributed by atoms with Crippen LogP contribution in [0.3, 0.4) is 0 Å². The van der Waals surface area contributed by atoms with Gasteiger partial charge in [0.05, 0.1) is 6.04 Å². The van der Waals surface area contributed by atoms with E-state index in [0.29, 0.717) is 31.2 Å². The Labute approximate surface area is 207 Å². The van der Waals surface area contributed by atoms with Gasteiger partial charge in [-0.05, 0) is 59.7 Å². The fraction of sp³-hybridized carbons (Fsp3) is 0.345. The summed E-state index contributed by atoms with van der Waals surface area (Å²) in [5.74, 6) is 0.877. The van der Waals surface area contributed by atoms with Crippen molar-refractivity contribution in [1.82, 2.24) is 15.2 Å². The molecule has 2 aromatic carbocycles. The molecule has 0 saturated heterocycles. The lowest BCUT2D eigenvalue weighted by atomic mass is 9.87. The maximum absolute atomic E-state index is 13.2. The molecule has 0 saturated carbocycles. The van der Waals surface area contributed by atoms with Gasteiger partial charge in [-0.25, -0.2) is 0 Å². The number of aromatic nitrogens is 1. The smallest absolute Gasteiger partial charge is 0.261 e. The number of rotatable bonds is 8. The van der Waals surface area contributed by atoms with E-state index in [1.165, 1.54) is 5.56 Å². The average molecular weight is 472 g/mol. The van der Waals surface area contributed by atoms with Crippen molar-refractivity contribution in [2.24, 2.45) is 5.92 Å². The third-order valence-electron chi connectivity index (χ3n) is 6.24. The van der Waals surface area contributed by atoms with Crippen LogP contribution in [0.1, 0.15) is 55.5 Å². The van der Waals surface area contributed by atoms with E-state index in [-0.39, 0.29) is 17.9 Å². The molecule has 1 aromatic heterocycles. The Hall–Kier alpha value is -3.67. The number of hydrogen-bond acceptors (Lipinski definition) is 4. The van der Waals surface area contributed by atoms with Crippen LogP contribution in [0, 0.1) is 5.92 Å². The fourth-order valence-corrected chi connectivity index (χ4v) is 4.49. The number of fused-ring (bicyclic) bond motifs is 1. The molecule has 1 aliphatic rings. The molecule has 2 heterocycles. The first-order valence-corrected chi connectivity index (χ1v) is 12.2. The second-order valence-corrected chi connectivity index (χ2v) is 9.45. The highest BCUT2D eigenvalue weighted by molar-refractivity contribution is 5.80. The lowest BCUT2D eigenvalue weighted by molar-refractivity contribution is -0.134. The molecule has 0 aliphatic carbocycles. The van der Waals surface area contributed by atoms with Gasteiger partial charge < -0.3 is 15.0 Å². The summed E-state index contributed by atoms with van der Waals surface area (Å²) in [5.41, 5.74) is 4.26. The van der Waals surface area contributed by atoms with E-state index in [9.17, 15) is 9.59 Å². The first-order chi connectivity index (χ1) is 16.9. The molecule has 0 bridgehead atoms. The first kappa shape index (κ1) is 24.5. The normalized spacial score (nSPS) is 15.9. The Morgan fingerprint density at radius 3 is 2.60 bits per heavy atom. The number of amides is 2. The van der Waals surface area contributed by atoms with Crippen molar-refractivity contribution in [3.63, 3.8) is 0 Å². The number of ether oxygens (including phenoxy) is 1. The minimum Gasteiger partial charge on any atom is -0.481 e. The molecule has 3 aromatic rings. The van der Waals surface area contributed by atoms with Gasteiger partial charge in [-0.3, -0.25) is 14.6 Å². The number of nitrogens with zero attached hydrogens (tertiary/aromatic N) is 2. The summed E-state index contributed by atoms with van der Waals surface area (Å²) in [7, 11) is 0. The molecule has 1 aliphatic heterocycles. The highest BCUT2D eigenvalue weighted by Crippen LogP contribution is 2.38. The lowest BCUT2D eigenvalue weighted by Crippen LogP contribution is -2.41. The quantitative estimate of drug-likeness (QED) is 0.518. The molecule has 1 N–H and O–H groups in total. The Morgan fingerprint density at radius 2 is 1.89 bits per heavy atom. The van der Waals surface area contributed by atoms with Gasteiger partial charge in [-0.15, -0.1) is 0 Å². The second-order valence-electron chi connectivity index (χ2n) is 9.45. The minimum atomic E-state index is -0.665. The van der Waals surface area contributed by atoms with Gasteiger partial charge in [-0.2, -0.15) is 0 Å². The van der Waals surface area contributed by atoms with Crippen LogP contribution in [-0.2, 0) is 22.6 Å². The maximum atomic E-state index is 13.2. The molecule has 2 atom stereocenters. The highest BCUT2D eigenvalue weighted by Gasteiger charge is 2.32. The first-order valence-electron chi connectivity index (χ1n) is 12.2. The summed E-state index contributed by atoms with van der Waals surface area (Å²) in [6.45, 7) is 6.96. The van der Waals surface area contributed by atoms with Crippen LogP contribution in [0.2, 0.25) is 0 Å². The van der Waals surface area contributed by atoms with Gasteiger partial charge in [0, 0.05) is 31.9 Å². The average Bonchev–Trinajstić information content (AvgIpc) is 2.87. The van der Waals surface area contributed by atoms with Crippen molar-refractivity contribution in [2.75, 3.05) is 6.54 Å². The molecular weight excluding hydrogens is 438 g/mol. The summed E-state index contributed by atoms with van der Waals surface area (Å²) in [6, 6.07) is 19.7. The molecule has 0 fully saturated rings. The predicted molar refractivity (Wildman–Crippen MR) is 136 cm³/mol. The van der Waals surface area contributed by atoms with Crippen molar-refractivity contribution >= 4 is 11.8 Å². The molecular formula is C29H33N3O3. The van der Waals surface area contributed by atoms with Crippen molar-refractivity contribution in [3.8, 4) is 5.75 Å². The van der Waals surface area contributed by atoms with E-state index in [1.54, 1.807) is 19.3 Å². The summed E-state index contributed by atoms with van der Waals surface area (Å²) >= 11 is 0. The van der Waals surface area contributed by atoms with E-state index in [4.69, 9.17) is 4.74 Å². The van der Waals surface area contributed by atoms with Gasteiger partial charge in [-0.1, -0.05) is 56.3 Å². The largest absolute Gasteiger partial charge is 0.481 e. The van der Waals surface area contributed by atoms with E-state index in [1.807, 2.05) is 47.4 Å². The molecule has 182 valence electrons. The summed E-state index contributed by atoms with van der Waals surface area (Å²) in [4.78, 5) is 31.9. The van der Waals surface area contributed by atoms with Crippen molar-refractivity contribution < 1.29 is 14.3 Å². The number of benzene rings is 2. The Morgan fingerprint density at radius 1 is 1.09 bits per heavy atom. The van der Waals surface area contributed by atoms with Gasteiger partial charge >= 0.3 is 0 Å². The van der Waals surface area contributed by atoms with Gasteiger partial charge in [0.25, 0.3) is 5.91 Å². The molecule has 0 radical (unpaired) electrons. The van der Waals surface area contributed by atoms with E-state index in [2.05, 4.69) is 42.3 Å². The van der Waals surface area contributed by atoms with E-state index < -0.39 is 6.10 Å². The predicted octanol–water partition coefficient (Wildman–Crippen LogP) is 4.69. The van der Waals surface area contributed by atoms with Gasteiger partial charge in [0.1, 0.15) is 5.75 Å². The molecule has 35 heavy (non-hydrogen) atoms. The van der Waals surface area contributed by atoms with Crippen LogP contribution in [0.25, 0.3) is 0 Å². The van der Waals surface area contributed by atoms with Crippen molar-refractivity contribution in [2.45, 2.75) is 52.3 Å². The monoisotopic (exact) mass is 471 g/mol. The number of hydrogen-bond donors (Lipinski definition) is 1. The topological polar surface area (TPSA) is 71.5 Å². The Kier molecular flexibility index (Phi) is 7.80. The Bertz CT molecular complexity index is 1150. The highest BCUT2D eigenvalue weighted by atomic mass is 16.5. The minimum absolute atomic E-state index is 0.161. The number of pyridine rings is 1. The Balaban J connectivity index is 1.54. The number of carbonyl (C=O) groups excluding carboxylic acids is 2.